The van der Waals surface area contributed by atoms with Gasteiger partial charge in [0.1, 0.15) is 4.32 Å². The zero-order chi connectivity index (χ0) is 13.6. The summed E-state index contributed by atoms with van der Waals surface area (Å²) in [4.78, 5) is 0. The van der Waals surface area contributed by atoms with Crippen molar-refractivity contribution in [2.24, 2.45) is 17.8 Å². The number of fused-ring (bicyclic) bond motifs is 4. The lowest BCUT2D eigenvalue weighted by Crippen LogP contribution is -2.48. The van der Waals surface area contributed by atoms with Crippen LogP contribution in [-0.4, -0.2) is 42.3 Å². The fourth-order valence-corrected chi connectivity index (χ4v) is 6.50. The van der Waals surface area contributed by atoms with Crippen molar-refractivity contribution in [3.05, 3.63) is 22.7 Å². The van der Waals surface area contributed by atoms with Crippen LogP contribution in [0.3, 0.4) is 0 Å². The monoisotopic (exact) mass is 404 g/mol. The van der Waals surface area contributed by atoms with Gasteiger partial charge in [0.05, 0.1) is 30.9 Å². The van der Waals surface area contributed by atoms with Crippen molar-refractivity contribution in [1.29, 1.82) is 0 Å². The summed E-state index contributed by atoms with van der Waals surface area (Å²) < 4.78 is 24.9. The second-order valence-electron chi connectivity index (χ2n) is 5.95. The van der Waals surface area contributed by atoms with Gasteiger partial charge in [-0.05, 0) is 0 Å². The molecule has 108 valence electrons. The van der Waals surface area contributed by atoms with Gasteiger partial charge < -0.3 is 18.9 Å². The number of allylic oxidation sites excluding steroid dienone is 1. The third kappa shape index (κ3) is 1.14. The Balaban J connectivity index is 1.68. The first kappa shape index (κ1) is 12.8. The molecule has 0 aromatic carbocycles. The van der Waals surface area contributed by atoms with Crippen molar-refractivity contribution in [2.45, 2.75) is 15.9 Å². The average molecular weight is 406 g/mol. The summed E-state index contributed by atoms with van der Waals surface area (Å²) in [5.41, 5.74) is 0. The smallest absolute Gasteiger partial charge is 0.205 e. The predicted molar refractivity (Wildman–Crippen MR) is 77.5 cm³/mol. The molecule has 3 fully saturated rings. The highest BCUT2D eigenvalue weighted by Gasteiger charge is 2.79. The van der Waals surface area contributed by atoms with E-state index in [1.54, 1.807) is 0 Å². The third-order valence-corrected chi connectivity index (χ3v) is 7.47. The number of alkyl halides is 1. The summed E-state index contributed by atoms with van der Waals surface area (Å²) in [6, 6.07) is 0. The molecular weight excluding hydrogens is 392 g/mol. The van der Waals surface area contributed by atoms with Gasteiger partial charge in [0.2, 0.25) is 5.79 Å². The van der Waals surface area contributed by atoms with E-state index in [4.69, 9.17) is 18.9 Å². The van der Waals surface area contributed by atoms with Crippen LogP contribution in [0.4, 0.5) is 0 Å². The Hall–Kier alpha value is 0.280. The van der Waals surface area contributed by atoms with Crippen LogP contribution in [0, 0.1) is 17.8 Å². The van der Waals surface area contributed by atoms with Crippen LogP contribution in [0.5, 0.6) is 0 Å². The Morgan fingerprint density at radius 1 is 1.00 bits per heavy atom. The van der Waals surface area contributed by atoms with Crippen LogP contribution in [0.1, 0.15) is 0 Å². The molecule has 4 nitrogen and oxygen atoms in total. The van der Waals surface area contributed by atoms with Crippen LogP contribution in [-0.2, 0) is 18.9 Å². The highest BCUT2D eigenvalue weighted by molar-refractivity contribution is 9.11. The maximum Gasteiger partial charge on any atom is 0.205 e. The van der Waals surface area contributed by atoms with Gasteiger partial charge in [0.25, 0.3) is 0 Å². The number of ether oxygens (including phenoxy) is 4. The Kier molecular flexibility index (Phi) is 2.42. The summed E-state index contributed by atoms with van der Waals surface area (Å²) in [6.45, 7) is 2.55. The van der Waals surface area contributed by atoms with Crippen LogP contribution in [0.15, 0.2) is 22.7 Å². The molecule has 0 N–H and O–H groups in total. The van der Waals surface area contributed by atoms with Crippen LogP contribution >= 0.6 is 31.9 Å². The SMILES string of the molecule is BrC1=C[C@@H]2[C@@H]([C@@H]3C=C[C@@]2(Br)C32OCCO2)C12OCCO2. The van der Waals surface area contributed by atoms with Crippen LogP contribution < -0.4 is 0 Å². The van der Waals surface area contributed by atoms with Gasteiger partial charge in [-0.25, -0.2) is 0 Å². The average Bonchev–Trinajstić information content (AvgIpc) is 3.20. The zero-order valence-corrected chi connectivity index (χ0v) is 13.9. The van der Waals surface area contributed by atoms with Crippen molar-refractivity contribution in [3.8, 4) is 0 Å². The van der Waals surface area contributed by atoms with Gasteiger partial charge in [-0.3, -0.25) is 0 Å². The van der Waals surface area contributed by atoms with Gasteiger partial charge in [0.15, 0.2) is 5.79 Å². The molecule has 4 atom stereocenters. The Bertz CT molecular complexity index is 533. The van der Waals surface area contributed by atoms with Gasteiger partial charge in [-0.1, -0.05) is 50.1 Å². The molecule has 5 aliphatic rings. The quantitative estimate of drug-likeness (QED) is 0.458. The van der Waals surface area contributed by atoms with Gasteiger partial charge in [0, 0.05) is 17.8 Å². The standard InChI is InChI=1S/C14H14Br2O4/c15-10-7-9-11(13(10)17-3-4-18-13)8-1-2-12(9,16)14(8)19-5-6-20-14/h1-2,7-9,11H,3-6H2/t8-,9+,11+,12-/m0/s1. The minimum Gasteiger partial charge on any atom is -0.345 e. The first-order valence-electron chi connectivity index (χ1n) is 6.96. The molecular formula is C14H14Br2O4. The van der Waals surface area contributed by atoms with E-state index in [2.05, 4.69) is 50.1 Å². The van der Waals surface area contributed by atoms with E-state index in [9.17, 15) is 0 Å². The van der Waals surface area contributed by atoms with Crippen LogP contribution in [0.2, 0.25) is 0 Å². The fourth-order valence-electron chi connectivity index (χ4n) is 4.66. The van der Waals surface area contributed by atoms with Crippen LogP contribution in [0.25, 0.3) is 0 Å². The maximum absolute atomic E-state index is 6.08. The highest BCUT2D eigenvalue weighted by Crippen LogP contribution is 2.71. The number of rotatable bonds is 0. The number of hydrogen-bond donors (Lipinski definition) is 0. The largest absolute Gasteiger partial charge is 0.345 e. The minimum atomic E-state index is -0.655. The Morgan fingerprint density at radius 2 is 1.65 bits per heavy atom. The molecule has 0 aromatic heterocycles. The molecule has 5 rings (SSSR count). The fraction of sp³-hybridized carbons (Fsp3) is 0.714. The van der Waals surface area contributed by atoms with E-state index in [1.807, 2.05) is 0 Å². The lowest BCUT2D eigenvalue weighted by molar-refractivity contribution is -0.205. The summed E-state index contributed by atoms with van der Waals surface area (Å²) >= 11 is 7.58. The normalized spacial score (nSPS) is 49.5. The number of hydrogen-bond acceptors (Lipinski definition) is 4. The van der Waals surface area contributed by atoms with Crippen molar-refractivity contribution in [1.82, 2.24) is 0 Å². The predicted octanol–water partition coefficient (Wildman–Crippen LogP) is 2.33. The van der Waals surface area contributed by atoms with Gasteiger partial charge in [-0.2, -0.15) is 0 Å². The first-order chi connectivity index (χ1) is 9.64. The zero-order valence-electron chi connectivity index (χ0n) is 10.7. The van der Waals surface area contributed by atoms with Crippen molar-refractivity contribution >= 4 is 31.9 Å². The Labute approximate surface area is 133 Å². The van der Waals surface area contributed by atoms with E-state index < -0.39 is 11.6 Å². The molecule has 6 heteroatoms. The van der Waals surface area contributed by atoms with Crippen molar-refractivity contribution < 1.29 is 18.9 Å². The molecule has 2 bridgehead atoms. The molecule has 3 aliphatic carbocycles. The molecule has 0 amide bonds. The van der Waals surface area contributed by atoms with Crippen molar-refractivity contribution in [3.63, 3.8) is 0 Å². The molecule has 2 saturated heterocycles. The molecule has 0 unspecified atom stereocenters. The highest BCUT2D eigenvalue weighted by atomic mass is 79.9. The van der Waals surface area contributed by atoms with Crippen molar-refractivity contribution in [2.75, 3.05) is 26.4 Å². The van der Waals surface area contributed by atoms with E-state index in [1.165, 1.54) is 0 Å². The third-order valence-electron chi connectivity index (χ3n) is 5.31. The van der Waals surface area contributed by atoms with E-state index in [0.717, 1.165) is 4.48 Å². The molecule has 0 radical (unpaired) electrons. The molecule has 2 aliphatic heterocycles. The summed E-state index contributed by atoms with van der Waals surface area (Å²) in [5.74, 6) is -0.698. The second kappa shape index (κ2) is 3.78. The maximum atomic E-state index is 6.08. The molecule has 20 heavy (non-hydrogen) atoms. The summed E-state index contributed by atoms with van der Waals surface area (Å²) in [7, 11) is 0. The minimum absolute atomic E-state index is 0.138. The Morgan fingerprint density at radius 3 is 2.35 bits per heavy atom. The topological polar surface area (TPSA) is 36.9 Å². The van der Waals surface area contributed by atoms with E-state index in [0.29, 0.717) is 26.4 Å². The molecule has 2 spiro atoms. The van der Waals surface area contributed by atoms with E-state index >= 15 is 0 Å². The summed E-state index contributed by atoms with van der Waals surface area (Å²) in [5, 5.41) is 0. The molecule has 0 aromatic rings. The lowest BCUT2D eigenvalue weighted by atomic mass is 9.82. The number of halogens is 2. The molecule has 2 heterocycles. The van der Waals surface area contributed by atoms with E-state index in [-0.39, 0.29) is 22.1 Å². The summed E-state index contributed by atoms with van der Waals surface area (Å²) in [6.07, 6.45) is 6.60. The second-order valence-corrected chi connectivity index (χ2v) is 8.11. The van der Waals surface area contributed by atoms with Gasteiger partial charge >= 0.3 is 0 Å². The lowest BCUT2D eigenvalue weighted by Gasteiger charge is -2.36. The molecule has 1 saturated carbocycles. The first-order valence-corrected chi connectivity index (χ1v) is 8.55. The van der Waals surface area contributed by atoms with Gasteiger partial charge in [-0.15, -0.1) is 0 Å².